The summed E-state index contributed by atoms with van der Waals surface area (Å²) in [6.45, 7) is 4.77. The van der Waals surface area contributed by atoms with Crippen molar-refractivity contribution in [2.24, 2.45) is 0 Å². The molecule has 2 amide bonds. The molecule has 2 heterocycles. The number of unbranched alkanes of at least 4 members (excludes halogenated alkanes) is 27. The van der Waals surface area contributed by atoms with Gasteiger partial charge in [0.05, 0.1) is 49.9 Å². The monoisotopic (exact) mass is 1290 g/mol. The van der Waals surface area contributed by atoms with E-state index in [0.717, 1.165) is 74.4 Å². The number of benzene rings is 2. The van der Waals surface area contributed by atoms with Gasteiger partial charge in [0.15, 0.2) is 6.29 Å². The second kappa shape index (κ2) is 47.4. The molecule has 3 aromatic rings. The Bertz CT molecular complexity index is 2440. The predicted octanol–water partition coefficient (Wildman–Crippen LogP) is 13.0. The molecule has 90 heavy (non-hydrogen) atoms. The summed E-state index contributed by atoms with van der Waals surface area (Å²) in [6.07, 6.45) is 29.7. The number of carboxylic acids is 1. The van der Waals surface area contributed by atoms with Gasteiger partial charge in [-0.3, -0.25) is 38.0 Å². The van der Waals surface area contributed by atoms with Crippen LogP contribution in [0.1, 0.15) is 262 Å². The summed E-state index contributed by atoms with van der Waals surface area (Å²) in [5.74, 6) is -1.58. The Morgan fingerprint density at radius 2 is 1.26 bits per heavy atom. The third-order valence-electron chi connectivity index (χ3n) is 16.7. The van der Waals surface area contributed by atoms with Crippen LogP contribution in [-0.4, -0.2) is 140 Å². The number of carbonyl (C=O) groups is 4. The molecule has 21 nitrogen and oxygen atoms in total. The number of carbonyl (C=O) groups excluding carboxylic acids is 3. The summed E-state index contributed by atoms with van der Waals surface area (Å²) in [7, 11) is -2.87. The maximum Gasteiger partial charge on any atom is 0.472 e. The number of fused-ring (bicyclic) bond motifs is 2. The number of hydrogen-bond donors (Lipinski definition) is 9. The highest BCUT2D eigenvalue weighted by Crippen LogP contribution is 2.43. The summed E-state index contributed by atoms with van der Waals surface area (Å²) >= 11 is 0. The highest BCUT2D eigenvalue weighted by molar-refractivity contribution is 7.47. The molecule has 22 heteroatoms. The number of nitrogens with one attached hydrogen (secondary N) is 4. The number of ether oxygens (including phenoxy) is 2. The fourth-order valence-electron chi connectivity index (χ4n) is 11.4. The van der Waals surface area contributed by atoms with Gasteiger partial charge in [0.2, 0.25) is 11.8 Å². The number of phosphoric acid groups is 1. The van der Waals surface area contributed by atoms with Crippen LogP contribution in [0.4, 0.5) is 5.69 Å². The van der Waals surface area contributed by atoms with Gasteiger partial charge in [-0.25, -0.2) is 9.55 Å². The van der Waals surface area contributed by atoms with E-state index in [1.807, 2.05) is 41.3 Å². The number of aliphatic hydroxyl groups excluding tert-OH is 3. The molecule has 512 valence electrons. The Hall–Kier alpha value is -4.54. The molecule has 0 saturated carbocycles. The first-order chi connectivity index (χ1) is 43.6. The van der Waals surface area contributed by atoms with Gasteiger partial charge < -0.3 is 55.7 Å². The van der Waals surface area contributed by atoms with E-state index in [0.29, 0.717) is 68.9 Å². The lowest BCUT2D eigenvalue weighted by Gasteiger charge is -2.30. The molecule has 1 aliphatic heterocycles. The number of H-pyrrole nitrogens is 1. The number of nitrogens with zero attached hydrogens (tertiary/aromatic N) is 3. The number of esters is 1. The number of aliphatic hydroxyl groups is 3. The molecular formula is C68H116N7O14P. The van der Waals surface area contributed by atoms with E-state index >= 15 is 0 Å². The van der Waals surface area contributed by atoms with Crippen LogP contribution in [0.15, 0.2) is 42.5 Å². The molecule has 4 rings (SSSR count). The van der Waals surface area contributed by atoms with Gasteiger partial charge in [0.1, 0.15) is 24.4 Å². The molecule has 0 spiro atoms. The van der Waals surface area contributed by atoms with Crippen LogP contribution in [-0.2, 0) is 55.4 Å². The molecule has 9 N–H and O–H groups in total. The summed E-state index contributed by atoms with van der Waals surface area (Å²) in [6, 6.07) is 12.4. The number of rotatable bonds is 55. The highest BCUT2D eigenvalue weighted by atomic mass is 31.2. The second-order valence-corrected chi connectivity index (χ2v) is 26.2. The van der Waals surface area contributed by atoms with Gasteiger partial charge in [-0.05, 0) is 74.5 Å². The minimum Gasteiger partial charge on any atom is -0.481 e. The van der Waals surface area contributed by atoms with Crippen molar-refractivity contribution in [3.63, 3.8) is 0 Å². The predicted molar refractivity (Wildman–Crippen MR) is 353 cm³/mol. The zero-order valence-electron chi connectivity index (χ0n) is 55.0. The first-order valence-electron chi connectivity index (χ1n) is 34.6. The lowest BCUT2D eigenvalue weighted by atomic mass is 10.0. The number of anilines is 1. The van der Waals surface area contributed by atoms with Crippen LogP contribution in [0.5, 0.6) is 0 Å². The third-order valence-corrected chi connectivity index (χ3v) is 17.7. The minimum absolute atomic E-state index is 0.0693. The SMILES string of the molecule is CCCCCCCCCCCCCCCC(=O)O[C@H](CO[C@@H](O)CCCCCCCCCCCCCCC)COP(=O)(O)OCCNC(=O)CCC(=O)NCCCCCCN1Cc2cc([C@H](O)N(C)Cc3nc4ccccc4[nH]3)ccc2N[C@@H](CC(=O)O)[C@@H]1O. The van der Waals surface area contributed by atoms with Crippen LogP contribution < -0.4 is 16.0 Å². The summed E-state index contributed by atoms with van der Waals surface area (Å²) in [4.78, 5) is 72.0. The van der Waals surface area contributed by atoms with Crippen LogP contribution in [0, 0.1) is 0 Å². The Morgan fingerprint density at radius 3 is 1.86 bits per heavy atom. The zero-order valence-corrected chi connectivity index (χ0v) is 55.9. The summed E-state index contributed by atoms with van der Waals surface area (Å²) in [5.41, 5.74) is 3.89. The Balaban J connectivity index is 1.10. The normalized spacial score (nSPS) is 16.0. The molecule has 2 aromatic carbocycles. The van der Waals surface area contributed by atoms with Crippen LogP contribution >= 0.6 is 7.82 Å². The Morgan fingerprint density at radius 1 is 0.700 bits per heavy atom. The lowest BCUT2D eigenvalue weighted by Crippen LogP contribution is -2.46. The van der Waals surface area contributed by atoms with E-state index in [1.165, 1.54) is 116 Å². The average molecular weight is 1290 g/mol. The Kier molecular flexibility index (Phi) is 41.0. The van der Waals surface area contributed by atoms with E-state index in [-0.39, 0.29) is 51.3 Å². The topological polar surface area (TPSA) is 295 Å². The van der Waals surface area contributed by atoms with Crippen molar-refractivity contribution in [1.29, 1.82) is 0 Å². The molecule has 1 aliphatic rings. The van der Waals surface area contributed by atoms with Crippen molar-refractivity contribution in [1.82, 2.24) is 30.4 Å². The molecule has 6 atom stereocenters. The van der Waals surface area contributed by atoms with E-state index < -0.39 is 63.2 Å². The maximum absolute atomic E-state index is 12.9. The molecule has 0 saturated heterocycles. The van der Waals surface area contributed by atoms with Crippen LogP contribution in [0.3, 0.4) is 0 Å². The number of para-hydroxylation sites is 2. The van der Waals surface area contributed by atoms with E-state index in [4.69, 9.17) is 18.5 Å². The molecule has 0 bridgehead atoms. The van der Waals surface area contributed by atoms with Crippen molar-refractivity contribution in [2.45, 2.75) is 283 Å². The van der Waals surface area contributed by atoms with Gasteiger partial charge in [-0.1, -0.05) is 199 Å². The average Bonchev–Trinajstić information content (AvgIpc) is 2.69. The summed E-state index contributed by atoms with van der Waals surface area (Å²) < 4.78 is 34.5. The van der Waals surface area contributed by atoms with Crippen molar-refractivity contribution < 1.29 is 67.6 Å². The van der Waals surface area contributed by atoms with Crippen molar-refractivity contribution in [2.75, 3.05) is 51.8 Å². The van der Waals surface area contributed by atoms with Gasteiger partial charge in [-0.2, -0.15) is 0 Å². The van der Waals surface area contributed by atoms with E-state index in [1.54, 1.807) is 18.0 Å². The zero-order chi connectivity index (χ0) is 65.0. The molecule has 0 aliphatic carbocycles. The highest BCUT2D eigenvalue weighted by Gasteiger charge is 2.32. The molecule has 0 radical (unpaired) electrons. The number of imidazole rings is 1. The van der Waals surface area contributed by atoms with E-state index in [9.17, 15) is 49.1 Å². The quantitative estimate of drug-likeness (QED) is 0.0110. The fraction of sp³-hybridized carbons (Fsp3) is 0.750. The number of hydrogen-bond acceptors (Lipinski definition) is 16. The van der Waals surface area contributed by atoms with Crippen molar-refractivity contribution >= 4 is 48.3 Å². The van der Waals surface area contributed by atoms with Crippen molar-refractivity contribution in [3.8, 4) is 0 Å². The van der Waals surface area contributed by atoms with Gasteiger partial charge in [-0.15, -0.1) is 0 Å². The number of aromatic nitrogens is 2. The smallest absolute Gasteiger partial charge is 0.472 e. The standard InChI is InChI=1S/C68H116N7O14P/c1-4-6-8-10-12-14-16-18-20-22-24-26-30-38-65(80)86-52-56(89-66(81)39-31-27-25-23-21-19-17-15-13-11-9-7-5-2)53-88-90(84,85)87-47-45-70-63(77)43-42-62(76)69-44-34-28-29-35-46-75-50-55-48-54(40-41-57(55)71-60(68(75)83)49-64(78)79)67(82)74(3)51-61-72-58-36-32-33-37-59(58)73-61/h32-33,36-37,40-41,48,56,60,65,67-68,71,80,82-83H,4-31,34-35,38-39,42-47,49-53H2,1-3H3,(H,69,76)(H,70,77)(H,72,73)(H,78,79)(H,84,85)/t56-,60+,65-,67+,68+/m1/s1. The van der Waals surface area contributed by atoms with E-state index in [2.05, 4.69) is 39.8 Å². The summed E-state index contributed by atoms with van der Waals surface area (Å²) in [5, 5.41) is 51.8. The van der Waals surface area contributed by atoms with Gasteiger partial charge in [0.25, 0.3) is 0 Å². The third kappa shape index (κ3) is 34.9. The maximum atomic E-state index is 12.9. The van der Waals surface area contributed by atoms with Gasteiger partial charge >= 0.3 is 19.8 Å². The Labute approximate surface area is 537 Å². The largest absolute Gasteiger partial charge is 0.481 e. The van der Waals surface area contributed by atoms with Crippen molar-refractivity contribution in [3.05, 3.63) is 59.4 Å². The lowest BCUT2D eigenvalue weighted by molar-refractivity contribution is -0.166. The number of carboxylic acid groups (broad SMARTS) is 1. The second-order valence-electron chi connectivity index (χ2n) is 24.8. The van der Waals surface area contributed by atoms with Crippen LogP contribution in [0.2, 0.25) is 0 Å². The number of aliphatic carboxylic acids is 1. The van der Waals surface area contributed by atoms with Crippen LogP contribution in [0.25, 0.3) is 11.0 Å². The fourth-order valence-corrected chi connectivity index (χ4v) is 12.1. The molecule has 1 unspecified atom stereocenters. The number of phosphoric ester groups is 1. The number of amides is 2. The molecular weight excluding hydrogens is 1170 g/mol. The molecule has 0 fully saturated rings. The van der Waals surface area contributed by atoms with Gasteiger partial charge in [0, 0.05) is 51.1 Å². The number of aromatic amines is 1. The first-order valence-corrected chi connectivity index (χ1v) is 36.1. The molecule has 1 aromatic heterocycles. The minimum atomic E-state index is -4.67. The first kappa shape index (κ1) is 77.9.